The lowest BCUT2D eigenvalue weighted by Crippen LogP contribution is -2.45. The molecule has 0 amide bonds. The zero-order valence-corrected chi connectivity index (χ0v) is 12.5. The first-order chi connectivity index (χ1) is 9.76. The zero-order chi connectivity index (χ0) is 13.9. The summed E-state index contributed by atoms with van der Waals surface area (Å²) in [6.45, 7) is 7.08. The number of aliphatic hydroxyl groups excluding tert-OH is 1. The van der Waals surface area contributed by atoms with E-state index in [0.717, 1.165) is 38.2 Å². The van der Waals surface area contributed by atoms with Gasteiger partial charge in [0.05, 0.1) is 12.3 Å². The van der Waals surface area contributed by atoms with E-state index in [2.05, 4.69) is 27.6 Å². The van der Waals surface area contributed by atoms with Crippen LogP contribution in [0.2, 0.25) is 0 Å². The Morgan fingerprint density at radius 3 is 2.80 bits per heavy atom. The highest BCUT2D eigenvalue weighted by Crippen LogP contribution is 2.26. The van der Waals surface area contributed by atoms with Crippen LogP contribution in [0, 0.1) is 0 Å². The average Bonchev–Trinajstić information content (AvgIpc) is 2.89. The van der Waals surface area contributed by atoms with Gasteiger partial charge >= 0.3 is 0 Å². The molecule has 3 rings (SSSR count). The highest BCUT2D eigenvalue weighted by Gasteiger charge is 2.22. The molecule has 1 aromatic heterocycles. The van der Waals surface area contributed by atoms with Crippen LogP contribution in [0.3, 0.4) is 0 Å². The summed E-state index contributed by atoms with van der Waals surface area (Å²) >= 11 is 0. The van der Waals surface area contributed by atoms with Crippen LogP contribution in [-0.4, -0.2) is 70.8 Å². The normalized spacial score (nSPS) is 24.8. The Bertz CT molecular complexity index is 437. The molecular formula is C15H26N4O. The van der Waals surface area contributed by atoms with Crippen molar-refractivity contribution >= 4 is 0 Å². The predicted molar refractivity (Wildman–Crippen MR) is 78.9 cm³/mol. The molecule has 112 valence electrons. The average molecular weight is 278 g/mol. The summed E-state index contributed by atoms with van der Waals surface area (Å²) in [4.78, 5) is 9.68. The lowest BCUT2D eigenvalue weighted by Gasteiger charge is -2.32. The number of likely N-dealkylation sites (N-methyl/N-ethyl adjacent to an activating group) is 1. The van der Waals surface area contributed by atoms with Crippen LogP contribution < -0.4 is 0 Å². The molecule has 0 saturated carbocycles. The molecule has 1 fully saturated rings. The zero-order valence-electron chi connectivity index (χ0n) is 12.5. The lowest BCUT2D eigenvalue weighted by molar-refractivity contribution is 0.155. The number of hydrogen-bond acceptors (Lipinski definition) is 4. The second-order valence-corrected chi connectivity index (χ2v) is 6.20. The second-order valence-electron chi connectivity index (χ2n) is 6.20. The van der Waals surface area contributed by atoms with Crippen molar-refractivity contribution in [2.24, 2.45) is 0 Å². The first-order valence-corrected chi connectivity index (χ1v) is 7.84. The number of rotatable bonds is 4. The molecule has 0 aromatic carbocycles. The van der Waals surface area contributed by atoms with Crippen LogP contribution in [0.15, 0.2) is 6.20 Å². The van der Waals surface area contributed by atoms with Crippen molar-refractivity contribution in [3.63, 3.8) is 0 Å². The molecular weight excluding hydrogens is 252 g/mol. The molecule has 20 heavy (non-hydrogen) atoms. The van der Waals surface area contributed by atoms with Gasteiger partial charge in [-0.2, -0.15) is 0 Å². The summed E-state index contributed by atoms with van der Waals surface area (Å²) in [6.07, 6.45) is 5.47. The summed E-state index contributed by atoms with van der Waals surface area (Å²) in [5.41, 5.74) is 1.19. The molecule has 2 aliphatic rings. The van der Waals surface area contributed by atoms with Crippen molar-refractivity contribution in [1.82, 2.24) is 19.4 Å². The van der Waals surface area contributed by atoms with Gasteiger partial charge < -0.3 is 19.5 Å². The standard InChI is InChI=1S/C15H26N4O/c1-17-7-9-18(10-8-17)6-4-14-11-19-5-2-3-13(12-20)15(19)16-14/h11,13,20H,2-10,12H2,1H3. The van der Waals surface area contributed by atoms with Crippen LogP contribution in [0.25, 0.3) is 0 Å². The Kier molecular flexibility index (Phi) is 4.38. The van der Waals surface area contributed by atoms with Gasteiger partial charge in [-0.05, 0) is 19.9 Å². The van der Waals surface area contributed by atoms with Crippen molar-refractivity contribution in [2.75, 3.05) is 46.4 Å². The van der Waals surface area contributed by atoms with E-state index in [1.165, 1.54) is 31.9 Å². The molecule has 1 unspecified atom stereocenters. The topological polar surface area (TPSA) is 44.5 Å². The number of aliphatic hydroxyl groups is 1. The molecule has 0 spiro atoms. The van der Waals surface area contributed by atoms with E-state index in [1.807, 2.05) is 0 Å². The third kappa shape index (κ3) is 3.05. The fourth-order valence-corrected chi connectivity index (χ4v) is 3.27. The Balaban J connectivity index is 1.57. The van der Waals surface area contributed by atoms with E-state index in [4.69, 9.17) is 4.98 Å². The highest BCUT2D eigenvalue weighted by atomic mass is 16.3. The maximum Gasteiger partial charge on any atom is 0.114 e. The van der Waals surface area contributed by atoms with Gasteiger partial charge in [-0.25, -0.2) is 4.98 Å². The largest absolute Gasteiger partial charge is 0.396 e. The minimum atomic E-state index is 0.231. The summed E-state index contributed by atoms with van der Waals surface area (Å²) in [6, 6.07) is 0. The number of hydrogen-bond donors (Lipinski definition) is 1. The maximum atomic E-state index is 9.44. The van der Waals surface area contributed by atoms with Gasteiger partial charge in [-0.1, -0.05) is 0 Å². The summed E-state index contributed by atoms with van der Waals surface area (Å²) in [5, 5.41) is 9.44. The van der Waals surface area contributed by atoms with E-state index in [0.29, 0.717) is 0 Å². The van der Waals surface area contributed by atoms with Gasteiger partial charge in [0.15, 0.2) is 0 Å². The van der Waals surface area contributed by atoms with E-state index < -0.39 is 0 Å². The fraction of sp³-hybridized carbons (Fsp3) is 0.800. The number of nitrogens with zero attached hydrogens (tertiary/aromatic N) is 4. The molecule has 5 nitrogen and oxygen atoms in total. The van der Waals surface area contributed by atoms with Gasteiger partial charge in [0, 0.05) is 57.8 Å². The van der Waals surface area contributed by atoms with Gasteiger partial charge in [0.2, 0.25) is 0 Å². The van der Waals surface area contributed by atoms with E-state index in [-0.39, 0.29) is 12.5 Å². The smallest absolute Gasteiger partial charge is 0.114 e. The Labute approximate surface area is 121 Å². The first kappa shape index (κ1) is 14.0. The van der Waals surface area contributed by atoms with E-state index in [9.17, 15) is 5.11 Å². The molecule has 1 N–H and O–H groups in total. The fourth-order valence-electron chi connectivity index (χ4n) is 3.27. The summed E-state index contributed by atoms with van der Waals surface area (Å²) < 4.78 is 2.25. The molecule has 0 radical (unpaired) electrons. The molecule has 1 aromatic rings. The van der Waals surface area contributed by atoms with Crippen LogP contribution in [-0.2, 0) is 13.0 Å². The van der Waals surface area contributed by atoms with Crippen molar-refractivity contribution in [2.45, 2.75) is 31.7 Å². The number of imidazole rings is 1. The van der Waals surface area contributed by atoms with Gasteiger partial charge in [0.25, 0.3) is 0 Å². The number of aryl methyl sites for hydroxylation is 1. The van der Waals surface area contributed by atoms with E-state index in [1.54, 1.807) is 0 Å². The van der Waals surface area contributed by atoms with Gasteiger partial charge in [0.1, 0.15) is 5.82 Å². The minimum absolute atomic E-state index is 0.231. The third-order valence-electron chi connectivity index (χ3n) is 4.67. The van der Waals surface area contributed by atoms with Crippen LogP contribution in [0.4, 0.5) is 0 Å². The third-order valence-corrected chi connectivity index (χ3v) is 4.67. The Morgan fingerprint density at radius 1 is 1.25 bits per heavy atom. The Morgan fingerprint density at radius 2 is 2.05 bits per heavy atom. The monoisotopic (exact) mass is 278 g/mol. The van der Waals surface area contributed by atoms with Crippen molar-refractivity contribution in [3.8, 4) is 0 Å². The van der Waals surface area contributed by atoms with Crippen molar-refractivity contribution < 1.29 is 5.11 Å². The molecule has 2 aliphatic heterocycles. The summed E-state index contributed by atoms with van der Waals surface area (Å²) in [7, 11) is 2.19. The minimum Gasteiger partial charge on any atom is -0.396 e. The number of piperazine rings is 1. The van der Waals surface area contributed by atoms with Crippen molar-refractivity contribution in [3.05, 3.63) is 17.7 Å². The van der Waals surface area contributed by atoms with Crippen LogP contribution in [0.1, 0.15) is 30.3 Å². The van der Waals surface area contributed by atoms with Crippen LogP contribution >= 0.6 is 0 Å². The van der Waals surface area contributed by atoms with Gasteiger partial charge in [-0.15, -0.1) is 0 Å². The van der Waals surface area contributed by atoms with Gasteiger partial charge in [-0.3, -0.25) is 0 Å². The molecule has 3 heterocycles. The maximum absolute atomic E-state index is 9.44. The molecule has 0 bridgehead atoms. The number of fused-ring (bicyclic) bond motifs is 1. The summed E-state index contributed by atoms with van der Waals surface area (Å²) in [5.74, 6) is 1.35. The Hall–Kier alpha value is -0.910. The lowest BCUT2D eigenvalue weighted by atomic mass is 10.0. The molecule has 1 saturated heterocycles. The predicted octanol–water partition coefficient (Wildman–Crippen LogP) is 0.543. The van der Waals surface area contributed by atoms with E-state index >= 15 is 0 Å². The first-order valence-electron chi connectivity index (χ1n) is 7.84. The molecule has 1 atom stereocenters. The second kappa shape index (κ2) is 6.24. The quantitative estimate of drug-likeness (QED) is 0.873. The molecule has 5 heteroatoms. The molecule has 0 aliphatic carbocycles. The SMILES string of the molecule is CN1CCN(CCc2cn3c(n2)C(CO)CCC3)CC1. The van der Waals surface area contributed by atoms with Crippen molar-refractivity contribution in [1.29, 1.82) is 0 Å². The van der Waals surface area contributed by atoms with Crippen LogP contribution in [0.5, 0.6) is 0 Å². The highest BCUT2D eigenvalue weighted by molar-refractivity contribution is 5.11. The number of aromatic nitrogens is 2.